The van der Waals surface area contributed by atoms with E-state index in [9.17, 15) is 0 Å². The average molecular weight is 291 g/mol. The molecule has 21 heavy (non-hydrogen) atoms. The van der Waals surface area contributed by atoms with Crippen molar-refractivity contribution < 1.29 is 0 Å². The summed E-state index contributed by atoms with van der Waals surface area (Å²) in [7, 11) is 0. The average Bonchev–Trinajstić information content (AvgIpc) is 2.55. The zero-order valence-corrected chi connectivity index (χ0v) is 11.9. The summed E-state index contributed by atoms with van der Waals surface area (Å²) in [6, 6.07) is 21.3. The maximum atomic E-state index is 8.92. The zero-order chi connectivity index (χ0) is 15.1. The van der Waals surface area contributed by atoms with Crippen molar-refractivity contribution in [3.05, 3.63) is 100 Å². The van der Waals surface area contributed by atoms with Crippen molar-refractivity contribution in [2.24, 2.45) is 0 Å². The Balaban J connectivity index is 2.62. The Morgan fingerprint density at radius 2 is 1.48 bits per heavy atom. The monoisotopic (exact) mass is 290 g/mol. The van der Waals surface area contributed by atoms with Gasteiger partial charge in [-0.3, -0.25) is 0 Å². The van der Waals surface area contributed by atoms with Crippen LogP contribution in [0.5, 0.6) is 0 Å². The molecule has 3 heteroatoms. The van der Waals surface area contributed by atoms with Crippen LogP contribution < -0.4 is 0 Å². The van der Waals surface area contributed by atoms with Crippen molar-refractivity contribution in [2.75, 3.05) is 0 Å². The largest absolute Gasteiger partial charge is 0.280 e. The fourth-order valence-corrected chi connectivity index (χ4v) is 2.09. The Morgan fingerprint density at radius 3 is 1.86 bits per heavy atom. The van der Waals surface area contributed by atoms with E-state index in [1.54, 1.807) is 6.08 Å². The van der Waals surface area contributed by atoms with Crippen molar-refractivity contribution in [1.82, 2.24) is 0 Å². The number of nitriles is 1. The molecule has 0 aliphatic heterocycles. The quantitative estimate of drug-likeness (QED) is 0.443. The molecule has 100 valence electrons. The van der Waals surface area contributed by atoms with Crippen LogP contribution in [-0.2, 0) is 0 Å². The molecule has 0 amide bonds. The minimum atomic E-state index is -0.110. The van der Waals surface area contributed by atoms with Crippen molar-refractivity contribution in [1.29, 1.82) is 5.26 Å². The molecule has 0 bridgehead atoms. The van der Waals surface area contributed by atoms with E-state index in [4.69, 9.17) is 23.4 Å². The van der Waals surface area contributed by atoms with Crippen molar-refractivity contribution in [3.63, 3.8) is 0 Å². The van der Waals surface area contributed by atoms with Crippen LogP contribution in [0, 0.1) is 17.9 Å². The molecule has 0 unspecified atom stereocenters. The lowest BCUT2D eigenvalue weighted by Crippen LogP contribution is -1.88. The summed E-state index contributed by atoms with van der Waals surface area (Å²) in [5.41, 5.74) is 2.71. The second kappa shape index (κ2) is 7.10. The molecule has 2 aromatic carbocycles. The molecule has 2 rings (SSSR count). The maximum Gasteiger partial charge on any atom is 0.280 e. The molecule has 2 aromatic rings. The minimum Gasteiger partial charge on any atom is -0.225 e. The normalized spacial score (nSPS) is 10.8. The molecule has 0 aliphatic rings. The van der Waals surface area contributed by atoms with E-state index in [0.29, 0.717) is 0 Å². The topological polar surface area (TPSA) is 28.1 Å². The molecular formula is C18H11ClN2. The molecular weight excluding hydrogens is 280 g/mol. The fraction of sp³-hybridized carbons (Fsp3) is 0. The lowest BCUT2D eigenvalue weighted by Gasteiger charge is -2.08. The van der Waals surface area contributed by atoms with Gasteiger partial charge in [0.15, 0.2) is 0 Å². The number of allylic oxidation sites excluding steroid dienone is 3. The molecule has 0 aliphatic carbocycles. The summed E-state index contributed by atoms with van der Waals surface area (Å²) < 4.78 is 0. The molecule has 0 fully saturated rings. The van der Waals surface area contributed by atoms with Gasteiger partial charge in [0.05, 0.1) is 17.7 Å². The fourth-order valence-electron chi connectivity index (χ4n) is 1.90. The SMILES string of the molecule is [C-]#[N+]C(C#N)=C(Cl)C=C(c1ccccc1)c1ccccc1. The molecule has 0 N–H and O–H groups in total. The van der Waals surface area contributed by atoms with Gasteiger partial charge in [0.2, 0.25) is 0 Å². The molecule has 0 heterocycles. The number of hydrogen-bond donors (Lipinski definition) is 0. The van der Waals surface area contributed by atoms with Crippen LogP contribution in [-0.4, -0.2) is 0 Å². The van der Waals surface area contributed by atoms with Gasteiger partial charge in [-0.25, -0.2) is 10.1 Å². The third kappa shape index (κ3) is 3.60. The molecule has 0 spiro atoms. The van der Waals surface area contributed by atoms with Crippen LogP contribution in [0.1, 0.15) is 11.1 Å². The van der Waals surface area contributed by atoms with Crippen molar-refractivity contribution in [2.45, 2.75) is 0 Å². The van der Waals surface area contributed by atoms with Crippen LogP contribution in [0.15, 0.2) is 77.5 Å². The van der Waals surface area contributed by atoms with Crippen LogP contribution in [0.25, 0.3) is 10.4 Å². The molecule has 0 saturated carbocycles. The predicted octanol–water partition coefficient (Wildman–Crippen LogP) is 5.01. The first-order valence-corrected chi connectivity index (χ1v) is 6.64. The smallest absolute Gasteiger partial charge is 0.225 e. The highest BCUT2D eigenvalue weighted by Gasteiger charge is 2.07. The summed E-state index contributed by atoms with van der Waals surface area (Å²) in [6.07, 6.45) is 1.67. The van der Waals surface area contributed by atoms with Gasteiger partial charge in [-0.05, 0) is 22.8 Å². The standard InChI is InChI=1S/C18H11ClN2/c1-21-18(13-20)17(19)12-16(14-8-4-2-5-9-14)15-10-6-3-7-11-15/h2-12H. The Bertz CT molecular complexity index is 703. The van der Waals surface area contributed by atoms with Crippen LogP contribution >= 0.6 is 11.6 Å². The van der Waals surface area contributed by atoms with Gasteiger partial charge >= 0.3 is 0 Å². The van der Waals surface area contributed by atoms with E-state index in [1.807, 2.05) is 66.7 Å². The number of rotatable bonds is 3. The second-order valence-electron chi connectivity index (χ2n) is 4.21. The minimum absolute atomic E-state index is 0.110. The summed E-state index contributed by atoms with van der Waals surface area (Å²) in [6.45, 7) is 6.97. The lowest BCUT2D eigenvalue weighted by molar-refractivity contribution is 1.48. The molecule has 2 nitrogen and oxygen atoms in total. The van der Waals surface area contributed by atoms with Gasteiger partial charge < -0.3 is 0 Å². The maximum absolute atomic E-state index is 8.92. The summed E-state index contributed by atoms with van der Waals surface area (Å²) in [5, 5.41) is 9.06. The highest BCUT2D eigenvalue weighted by atomic mass is 35.5. The highest BCUT2D eigenvalue weighted by molar-refractivity contribution is 6.32. The Labute approximate surface area is 129 Å². The lowest BCUT2D eigenvalue weighted by atomic mass is 9.97. The molecule has 0 saturated heterocycles. The first-order chi connectivity index (χ1) is 10.3. The highest BCUT2D eigenvalue weighted by Crippen LogP contribution is 2.27. The predicted molar refractivity (Wildman–Crippen MR) is 85.1 cm³/mol. The van der Waals surface area contributed by atoms with Crippen LogP contribution in [0.4, 0.5) is 0 Å². The summed E-state index contributed by atoms with van der Waals surface area (Å²) in [4.78, 5) is 3.14. The van der Waals surface area contributed by atoms with E-state index < -0.39 is 0 Å². The van der Waals surface area contributed by atoms with Gasteiger partial charge in [-0.2, -0.15) is 0 Å². The van der Waals surface area contributed by atoms with E-state index in [2.05, 4.69) is 4.85 Å². The number of hydrogen-bond acceptors (Lipinski definition) is 1. The Hall–Kier alpha value is -2.81. The van der Waals surface area contributed by atoms with E-state index in [0.717, 1.165) is 16.7 Å². The Kier molecular flexibility index (Phi) is 4.94. The van der Waals surface area contributed by atoms with E-state index in [1.165, 1.54) is 0 Å². The summed E-state index contributed by atoms with van der Waals surface area (Å²) >= 11 is 6.11. The van der Waals surface area contributed by atoms with Gasteiger partial charge in [-0.1, -0.05) is 72.3 Å². The van der Waals surface area contributed by atoms with E-state index >= 15 is 0 Å². The van der Waals surface area contributed by atoms with Gasteiger partial charge in [0, 0.05) is 0 Å². The van der Waals surface area contributed by atoms with Crippen molar-refractivity contribution in [3.8, 4) is 6.07 Å². The van der Waals surface area contributed by atoms with Crippen LogP contribution in [0.3, 0.4) is 0 Å². The Morgan fingerprint density at radius 1 is 1.00 bits per heavy atom. The molecule has 0 aromatic heterocycles. The number of benzene rings is 2. The van der Waals surface area contributed by atoms with Crippen molar-refractivity contribution >= 4 is 17.2 Å². The molecule has 0 atom stereocenters. The van der Waals surface area contributed by atoms with Gasteiger partial charge in [0.25, 0.3) is 5.70 Å². The van der Waals surface area contributed by atoms with Gasteiger partial charge in [-0.15, -0.1) is 0 Å². The number of halogens is 1. The number of nitrogens with zero attached hydrogens (tertiary/aromatic N) is 2. The zero-order valence-electron chi connectivity index (χ0n) is 11.1. The first-order valence-electron chi connectivity index (χ1n) is 6.26. The third-order valence-electron chi connectivity index (χ3n) is 2.88. The third-order valence-corrected chi connectivity index (χ3v) is 3.17. The second-order valence-corrected chi connectivity index (χ2v) is 4.62. The summed E-state index contributed by atoms with van der Waals surface area (Å²) in [5.74, 6) is 0. The first kappa shape index (κ1) is 14.6. The van der Waals surface area contributed by atoms with Gasteiger partial charge in [0.1, 0.15) is 0 Å². The molecule has 0 radical (unpaired) electrons. The van der Waals surface area contributed by atoms with Crippen LogP contribution in [0.2, 0.25) is 0 Å². The van der Waals surface area contributed by atoms with E-state index in [-0.39, 0.29) is 10.7 Å².